The Morgan fingerprint density at radius 2 is 2.05 bits per heavy atom. The highest BCUT2D eigenvalue weighted by Gasteiger charge is 2.22. The highest BCUT2D eigenvalue weighted by Crippen LogP contribution is 2.30. The molecule has 0 aromatic heterocycles. The Morgan fingerprint density at radius 3 is 2.62 bits per heavy atom. The van der Waals surface area contributed by atoms with Gasteiger partial charge in [-0.3, -0.25) is 0 Å². The maximum Gasteiger partial charge on any atom is 0.337 e. The minimum atomic E-state index is -0.383. The summed E-state index contributed by atoms with van der Waals surface area (Å²) in [6, 6.07) is 5.11. The summed E-state index contributed by atoms with van der Waals surface area (Å²) in [5, 5.41) is 3.72. The van der Waals surface area contributed by atoms with Gasteiger partial charge in [-0.15, -0.1) is 0 Å². The van der Waals surface area contributed by atoms with E-state index in [1.165, 1.54) is 27.1 Å². The molecule has 0 N–H and O–H groups in total. The van der Waals surface area contributed by atoms with Gasteiger partial charge in [-0.25, -0.2) is 4.79 Å². The molecular weight excluding hydrogens is 270 g/mol. The van der Waals surface area contributed by atoms with Gasteiger partial charge in [0.15, 0.2) is 0 Å². The second-order valence-corrected chi connectivity index (χ2v) is 4.42. The summed E-state index contributed by atoms with van der Waals surface area (Å²) in [5.41, 5.74) is 1.23. The van der Waals surface area contributed by atoms with Gasteiger partial charge < -0.3 is 14.3 Å². The number of hydrogen-bond acceptors (Lipinski definition) is 5. The number of methoxy groups -OCH3 is 1. The summed E-state index contributed by atoms with van der Waals surface area (Å²) < 4.78 is 10.4. The Balaban J connectivity index is 0.00000106. The molecule has 116 valence electrons. The zero-order valence-electron chi connectivity index (χ0n) is 13.1. The summed E-state index contributed by atoms with van der Waals surface area (Å²) >= 11 is 0. The lowest BCUT2D eigenvalue weighted by atomic mass is 10.1. The first kappa shape index (κ1) is 17.0. The molecule has 0 unspecified atom stereocenters. The van der Waals surface area contributed by atoms with E-state index in [0.717, 1.165) is 5.56 Å². The second-order valence-electron chi connectivity index (χ2n) is 4.42. The van der Waals surface area contributed by atoms with E-state index in [1.807, 2.05) is 13.8 Å². The van der Waals surface area contributed by atoms with Gasteiger partial charge in [-0.1, -0.05) is 19.0 Å². The smallest absolute Gasteiger partial charge is 0.337 e. The Morgan fingerprint density at radius 1 is 1.33 bits per heavy atom. The van der Waals surface area contributed by atoms with Crippen LogP contribution in [0.2, 0.25) is 0 Å². The summed E-state index contributed by atoms with van der Waals surface area (Å²) in [4.78, 5) is 16.2. The van der Waals surface area contributed by atoms with Crippen molar-refractivity contribution in [2.45, 2.75) is 26.7 Å². The second kappa shape index (κ2) is 9.00. The molecule has 0 spiro atoms. The third kappa shape index (κ3) is 5.45. The van der Waals surface area contributed by atoms with Crippen molar-refractivity contribution in [1.29, 1.82) is 0 Å². The highest BCUT2D eigenvalue weighted by molar-refractivity contribution is 5.92. The fourth-order valence-corrected chi connectivity index (χ4v) is 1.61. The molecule has 21 heavy (non-hydrogen) atoms. The molecule has 5 heteroatoms. The molecule has 1 aliphatic rings. The number of hydrogen-bond donors (Lipinski definition) is 0. The minimum absolute atomic E-state index is 0.383. The Bertz CT molecular complexity index is 481. The van der Waals surface area contributed by atoms with E-state index in [2.05, 4.69) is 9.99 Å². The van der Waals surface area contributed by atoms with Crippen molar-refractivity contribution in [2.75, 3.05) is 20.8 Å². The van der Waals surface area contributed by atoms with Crippen LogP contribution in [-0.2, 0) is 9.57 Å². The van der Waals surface area contributed by atoms with Crippen LogP contribution in [0.15, 0.2) is 23.4 Å². The quantitative estimate of drug-likeness (QED) is 0.459. The van der Waals surface area contributed by atoms with E-state index in [0.29, 0.717) is 23.8 Å². The number of benzene rings is 1. The van der Waals surface area contributed by atoms with Gasteiger partial charge >= 0.3 is 5.97 Å². The number of esters is 1. The van der Waals surface area contributed by atoms with Gasteiger partial charge in [0.2, 0.25) is 0 Å². The minimum Gasteiger partial charge on any atom is -0.493 e. The molecule has 1 aromatic carbocycles. The Hall–Kier alpha value is -2.04. The molecule has 0 radical (unpaired) electrons. The van der Waals surface area contributed by atoms with E-state index < -0.39 is 0 Å². The maximum atomic E-state index is 11.5. The molecule has 0 saturated heterocycles. The van der Waals surface area contributed by atoms with Crippen LogP contribution in [0.3, 0.4) is 0 Å². The lowest BCUT2D eigenvalue weighted by Crippen LogP contribution is -2.06. The lowest BCUT2D eigenvalue weighted by Gasteiger charge is -2.10. The molecule has 1 aliphatic carbocycles. The number of oxime groups is 1. The molecule has 0 amide bonds. The summed E-state index contributed by atoms with van der Waals surface area (Å²) in [6.07, 6.45) is 3.97. The first-order valence-electron chi connectivity index (χ1n) is 7.16. The van der Waals surface area contributed by atoms with Crippen molar-refractivity contribution < 1.29 is 19.1 Å². The number of nitrogens with zero attached hydrogens (tertiary/aromatic N) is 1. The van der Waals surface area contributed by atoms with Crippen LogP contribution < -0.4 is 4.74 Å². The van der Waals surface area contributed by atoms with Crippen molar-refractivity contribution in [1.82, 2.24) is 0 Å². The standard InChI is InChI=1S/C14H17NO4.C2H6/c1-17-14(16)11-5-6-12(8-15-18-2)13(7-11)19-9-10-3-4-10;1-2/h5-8,10H,3-4,9H2,1-2H3;1-2H3/b15-8+;. The van der Waals surface area contributed by atoms with E-state index >= 15 is 0 Å². The third-order valence-electron chi connectivity index (χ3n) is 2.90. The average molecular weight is 293 g/mol. The SMILES string of the molecule is CC.CO/N=C/c1ccc(C(=O)OC)cc1OCC1CC1. The average Bonchev–Trinajstić information content (AvgIpc) is 3.36. The predicted molar refractivity (Wildman–Crippen MR) is 82.0 cm³/mol. The zero-order valence-corrected chi connectivity index (χ0v) is 13.1. The van der Waals surface area contributed by atoms with Crippen LogP contribution in [0.1, 0.15) is 42.6 Å². The van der Waals surface area contributed by atoms with Crippen LogP contribution in [0, 0.1) is 5.92 Å². The number of rotatable bonds is 6. The highest BCUT2D eigenvalue weighted by atomic mass is 16.6. The summed E-state index contributed by atoms with van der Waals surface area (Å²) in [5.74, 6) is 0.871. The summed E-state index contributed by atoms with van der Waals surface area (Å²) in [6.45, 7) is 4.67. The molecule has 1 fully saturated rings. The first-order chi connectivity index (χ1) is 10.2. The van der Waals surface area contributed by atoms with Crippen molar-refractivity contribution in [2.24, 2.45) is 11.1 Å². The molecular formula is C16H23NO4. The monoisotopic (exact) mass is 293 g/mol. The van der Waals surface area contributed by atoms with Gasteiger partial charge in [0.1, 0.15) is 12.9 Å². The van der Waals surface area contributed by atoms with E-state index in [-0.39, 0.29) is 5.97 Å². The molecule has 5 nitrogen and oxygen atoms in total. The zero-order chi connectivity index (χ0) is 15.7. The summed E-state index contributed by atoms with van der Waals surface area (Å²) in [7, 11) is 2.83. The van der Waals surface area contributed by atoms with Gasteiger partial charge in [-0.2, -0.15) is 0 Å². The number of ether oxygens (including phenoxy) is 2. The Kier molecular flexibility index (Phi) is 7.29. The Labute approximate surface area is 125 Å². The van der Waals surface area contributed by atoms with E-state index in [4.69, 9.17) is 9.47 Å². The van der Waals surface area contributed by atoms with Crippen LogP contribution in [0.5, 0.6) is 5.75 Å². The lowest BCUT2D eigenvalue weighted by molar-refractivity contribution is 0.0600. The van der Waals surface area contributed by atoms with Crippen molar-refractivity contribution in [3.8, 4) is 5.75 Å². The molecule has 0 atom stereocenters. The van der Waals surface area contributed by atoms with Gasteiger partial charge in [0.25, 0.3) is 0 Å². The first-order valence-corrected chi connectivity index (χ1v) is 7.16. The van der Waals surface area contributed by atoms with Crippen LogP contribution >= 0.6 is 0 Å². The van der Waals surface area contributed by atoms with Crippen molar-refractivity contribution >= 4 is 12.2 Å². The van der Waals surface area contributed by atoms with Crippen LogP contribution in [-0.4, -0.2) is 33.0 Å². The predicted octanol–water partition coefficient (Wildman–Crippen LogP) is 3.27. The maximum absolute atomic E-state index is 11.5. The largest absolute Gasteiger partial charge is 0.493 e. The molecule has 1 saturated carbocycles. The van der Waals surface area contributed by atoms with E-state index in [9.17, 15) is 4.79 Å². The van der Waals surface area contributed by atoms with Gasteiger partial charge in [0.05, 0.1) is 25.5 Å². The van der Waals surface area contributed by atoms with Crippen LogP contribution in [0.25, 0.3) is 0 Å². The fraction of sp³-hybridized carbons (Fsp3) is 0.500. The third-order valence-corrected chi connectivity index (χ3v) is 2.90. The molecule has 0 aliphatic heterocycles. The van der Waals surface area contributed by atoms with Crippen molar-refractivity contribution in [3.63, 3.8) is 0 Å². The normalized spacial score (nSPS) is 13.3. The molecule has 0 bridgehead atoms. The van der Waals surface area contributed by atoms with Crippen LogP contribution in [0.4, 0.5) is 0 Å². The molecule has 1 aromatic rings. The molecule has 2 rings (SSSR count). The fourth-order valence-electron chi connectivity index (χ4n) is 1.61. The van der Waals surface area contributed by atoms with Crippen molar-refractivity contribution in [3.05, 3.63) is 29.3 Å². The number of carbonyl (C=O) groups is 1. The molecule has 0 heterocycles. The van der Waals surface area contributed by atoms with Gasteiger partial charge in [0, 0.05) is 5.56 Å². The number of carbonyl (C=O) groups excluding carboxylic acids is 1. The topological polar surface area (TPSA) is 57.1 Å². The van der Waals surface area contributed by atoms with E-state index in [1.54, 1.807) is 24.4 Å². The van der Waals surface area contributed by atoms with Gasteiger partial charge in [-0.05, 0) is 37.0 Å².